The van der Waals surface area contributed by atoms with E-state index in [9.17, 15) is 9.36 Å². The quantitative estimate of drug-likeness (QED) is 0.397. The van der Waals surface area contributed by atoms with Gasteiger partial charge in [-0.3, -0.25) is 18.4 Å². The first kappa shape index (κ1) is 19.1. The van der Waals surface area contributed by atoms with Gasteiger partial charge in [0.25, 0.3) is 0 Å². The number of hydrogen-bond acceptors (Lipinski definition) is 5. The third kappa shape index (κ3) is 4.51. The maximum atomic E-state index is 12.6. The number of rotatable bonds is 8. The molecule has 10 heteroatoms. The van der Waals surface area contributed by atoms with E-state index in [-0.39, 0.29) is 11.9 Å². The van der Waals surface area contributed by atoms with Crippen LogP contribution in [0.1, 0.15) is 20.8 Å². The van der Waals surface area contributed by atoms with Gasteiger partial charge in [-0.2, -0.15) is 0 Å². The number of alkyl halides is 3. The fraction of sp³-hybridized carbons (Fsp3) is 0.900. The molecule has 1 N–H and O–H groups in total. The van der Waals surface area contributed by atoms with Crippen molar-refractivity contribution in [1.82, 2.24) is 0 Å². The van der Waals surface area contributed by atoms with Gasteiger partial charge in [-0.05, 0) is 38.8 Å². The van der Waals surface area contributed by atoms with Crippen molar-refractivity contribution in [2.24, 2.45) is 11.3 Å². The Labute approximate surface area is 142 Å². The molecule has 0 amide bonds. The predicted octanol–water partition coefficient (Wildman–Crippen LogP) is 4.11. The first-order valence-corrected chi connectivity index (χ1v) is 9.96. The Morgan fingerprint density at radius 3 is 2.35 bits per heavy atom. The maximum Gasteiger partial charge on any atom is 0.477 e. The van der Waals surface area contributed by atoms with E-state index >= 15 is 0 Å². The minimum atomic E-state index is -3.90. The largest absolute Gasteiger partial charge is 0.481 e. The van der Waals surface area contributed by atoms with Gasteiger partial charge in [0.15, 0.2) is 3.42 Å². The lowest BCUT2D eigenvalue weighted by atomic mass is 10.1. The summed E-state index contributed by atoms with van der Waals surface area (Å²) < 4.78 is 27.2. The highest BCUT2D eigenvalue weighted by Gasteiger charge is 2.66. The molecule has 0 aromatic heterocycles. The predicted molar refractivity (Wildman–Crippen MR) is 84.5 cm³/mol. The van der Waals surface area contributed by atoms with Crippen molar-refractivity contribution < 1.29 is 28.0 Å². The van der Waals surface area contributed by atoms with E-state index in [1.54, 1.807) is 20.8 Å². The highest BCUT2D eigenvalue weighted by molar-refractivity contribution is 9.26. The molecule has 0 aromatic carbocycles. The molecule has 1 fully saturated rings. The summed E-state index contributed by atoms with van der Waals surface area (Å²) in [7, 11) is -3.90. The maximum absolute atomic E-state index is 12.6. The summed E-state index contributed by atoms with van der Waals surface area (Å²) in [6.07, 6.45) is -0.719. The third-order valence-electron chi connectivity index (χ3n) is 2.93. The van der Waals surface area contributed by atoms with Crippen molar-refractivity contribution in [3.8, 4) is 0 Å². The van der Waals surface area contributed by atoms with Gasteiger partial charge in [0.1, 0.15) is 0 Å². The van der Waals surface area contributed by atoms with Gasteiger partial charge in [0, 0.05) is 5.41 Å². The normalized spacial score (nSPS) is 27.9. The molecule has 0 saturated heterocycles. The van der Waals surface area contributed by atoms with Crippen LogP contribution in [0.25, 0.3) is 0 Å². The van der Waals surface area contributed by atoms with Crippen LogP contribution in [-0.2, 0) is 22.9 Å². The number of carboxylic acid groups (broad SMARTS) is 1. The van der Waals surface area contributed by atoms with Crippen LogP contribution in [0, 0.1) is 11.3 Å². The van der Waals surface area contributed by atoms with Crippen LogP contribution in [0.2, 0.25) is 0 Å². The average molecular weight is 503 g/mol. The lowest BCUT2D eigenvalue weighted by molar-refractivity contribution is -0.139. The van der Waals surface area contributed by atoms with Gasteiger partial charge in [-0.1, -0.05) is 29.8 Å². The van der Waals surface area contributed by atoms with Crippen LogP contribution in [0.4, 0.5) is 0 Å². The molecule has 0 aromatic rings. The Bertz CT molecular complexity index is 427. The molecule has 1 rings (SSSR count). The Morgan fingerprint density at radius 2 is 2.00 bits per heavy atom. The summed E-state index contributed by atoms with van der Waals surface area (Å²) in [6, 6.07) is 0. The van der Waals surface area contributed by atoms with Crippen molar-refractivity contribution in [3.63, 3.8) is 0 Å². The van der Waals surface area contributed by atoms with Crippen molar-refractivity contribution in [2.45, 2.75) is 30.3 Å². The monoisotopic (exact) mass is 500 g/mol. The number of carboxylic acids is 1. The Balaban J connectivity index is 2.84. The molecule has 3 atom stereocenters. The standard InChI is InChI=1S/C10H16Br3O6P/c1-4-17-20(16,19-10(12,13)5-11)18-7-6(8(14)15)9(7,2)3/h6-7H,4-5H2,1-3H3,(H,14,15). The van der Waals surface area contributed by atoms with Crippen LogP contribution < -0.4 is 0 Å². The molecular formula is C10H16Br3O6P. The molecule has 118 valence electrons. The van der Waals surface area contributed by atoms with E-state index in [1.807, 2.05) is 0 Å². The van der Waals surface area contributed by atoms with Crippen LogP contribution in [0.15, 0.2) is 0 Å². The van der Waals surface area contributed by atoms with E-state index in [0.29, 0.717) is 0 Å². The Hall–Kier alpha value is 1.02. The zero-order valence-corrected chi connectivity index (χ0v) is 16.8. The van der Waals surface area contributed by atoms with Gasteiger partial charge in [0.2, 0.25) is 0 Å². The van der Waals surface area contributed by atoms with E-state index < -0.39 is 34.6 Å². The molecule has 0 heterocycles. The zero-order valence-electron chi connectivity index (χ0n) is 11.1. The number of phosphoric ester groups is 1. The summed E-state index contributed by atoms with van der Waals surface area (Å²) >= 11 is 9.51. The lowest BCUT2D eigenvalue weighted by Crippen LogP contribution is -2.19. The average Bonchev–Trinajstić information content (AvgIpc) is 2.79. The minimum absolute atomic E-state index is 0.112. The van der Waals surface area contributed by atoms with E-state index in [0.717, 1.165) is 0 Å². The van der Waals surface area contributed by atoms with Crippen molar-refractivity contribution in [2.75, 3.05) is 11.9 Å². The minimum Gasteiger partial charge on any atom is -0.481 e. The second-order valence-corrected chi connectivity index (χ2v) is 10.6. The van der Waals surface area contributed by atoms with Gasteiger partial charge in [-0.25, -0.2) is 4.57 Å². The van der Waals surface area contributed by atoms with Crippen LogP contribution in [-0.4, -0.2) is 32.5 Å². The topological polar surface area (TPSA) is 82.1 Å². The highest BCUT2D eigenvalue weighted by atomic mass is 79.9. The molecule has 0 radical (unpaired) electrons. The molecule has 0 bridgehead atoms. The van der Waals surface area contributed by atoms with Gasteiger partial charge in [0.05, 0.1) is 24.0 Å². The van der Waals surface area contributed by atoms with Crippen molar-refractivity contribution in [3.05, 3.63) is 0 Å². The van der Waals surface area contributed by atoms with E-state index in [4.69, 9.17) is 18.7 Å². The molecule has 20 heavy (non-hydrogen) atoms. The molecule has 0 aliphatic heterocycles. The highest BCUT2D eigenvalue weighted by Crippen LogP contribution is 2.65. The van der Waals surface area contributed by atoms with Gasteiger partial charge < -0.3 is 5.11 Å². The molecular weight excluding hydrogens is 487 g/mol. The summed E-state index contributed by atoms with van der Waals surface area (Å²) in [4.78, 5) is 11.1. The summed E-state index contributed by atoms with van der Waals surface area (Å²) in [5, 5.41) is 9.36. The Morgan fingerprint density at radius 1 is 1.45 bits per heavy atom. The number of carbonyl (C=O) groups is 1. The molecule has 0 spiro atoms. The molecule has 1 aliphatic rings. The lowest BCUT2D eigenvalue weighted by Gasteiger charge is -2.25. The van der Waals surface area contributed by atoms with Crippen molar-refractivity contribution >= 4 is 61.6 Å². The van der Waals surface area contributed by atoms with Gasteiger partial charge >= 0.3 is 13.8 Å². The second-order valence-electron chi connectivity index (χ2n) is 4.89. The van der Waals surface area contributed by atoms with Crippen LogP contribution in [0.3, 0.4) is 0 Å². The first-order chi connectivity index (χ1) is 8.99. The summed E-state index contributed by atoms with van der Waals surface area (Å²) in [5.74, 6) is -1.73. The van der Waals surface area contributed by atoms with E-state index in [1.165, 1.54) is 0 Å². The number of aliphatic carboxylic acids is 1. The van der Waals surface area contributed by atoms with E-state index in [2.05, 4.69) is 47.8 Å². The van der Waals surface area contributed by atoms with Crippen LogP contribution in [0.5, 0.6) is 0 Å². The third-order valence-corrected chi connectivity index (χ3v) is 8.20. The molecule has 1 aliphatic carbocycles. The zero-order chi connectivity index (χ0) is 15.8. The SMILES string of the molecule is CCOP(=O)(OC1C(C(=O)O)C1(C)C)OC(Br)(Br)CBr. The number of hydrogen-bond donors (Lipinski definition) is 1. The number of halogens is 3. The molecule has 6 nitrogen and oxygen atoms in total. The van der Waals surface area contributed by atoms with Crippen LogP contribution >= 0.6 is 55.6 Å². The second kappa shape index (κ2) is 6.64. The summed E-state index contributed by atoms with van der Waals surface area (Å²) in [6.45, 7) is 5.21. The fourth-order valence-corrected chi connectivity index (χ4v) is 4.69. The molecule has 3 unspecified atom stereocenters. The van der Waals surface area contributed by atoms with Gasteiger partial charge in [-0.15, -0.1) is 0 Å². The smallest absolute Gasteiger partial charge is 0.477 e. The van der Waals surface area contributed by atoms with Crippen molar-refractivity contribution in [1.29, 1.82) is 0 Å². The summed E-state index contributed by atoms with van der Waals surface area (Å²) in [5.41, 5.74) is -0.613. The first-order valence-electron chi connectivity index (χ1n) is 5.79. The Kier molecular flexibility index (Phi) is 6.33. The molecule has 1 saturated carbocycles. The number of phosphoric acid groups is 1. The fourth-order valence-electron chi connectivity index (χ4n) is 1.80.